The number of hydrogen-bond acceptors (Lipinski definition) is 4. The van der Waals surface area contributed by atoms with Crippen LogP contribution in [0.2, 0.25) is 0 Å². The maximum atomic E-state index is 12.5. The lowest BCUT2D eigenvalue weighted by atomic mass is 9.98. The highest BCUT2D eigenvalue weighted by Crippen LogP contribution is 2.44. The standard InChI is InChI=1S/C28H36N2O5/c1-3-4-11-20(17-26(31)32)30-27(33)19(2)10-9-16-29-28(34)35-18-25-23-14-7-5-12-21(23)22-13-6-8-15-24(22)25/h5-8,12-15,19-20,25H,3-4,9-11,16-18H2,1-2H3,(H,29,34)(H,30,33)(H,31,32)/t19?,20-/m0/s1. The SMILES string of the molecule is CCCC[C@@H](CC(=O)O)NC(=O)C(C)CCCNC(=O)OCC1c2ccccc2-c2ccccc21. The summed E-state index contributed by atoms with van der Waals surface area (Å²) in [6.07, 6.45) is 3.15. The molecule has 0 aliphatic heterocycles. The summed E-state index contributed by atoms with van der Waals surface area (Å²) in [6.45, 7) is 4.52. The monoisotopic (exact) mass is 480 g/mol. The third-order valence-corrected chi connectivity index (χ3v) is 6.55. The Kier molecular flexibility index (Phi) is 9.70. The molecule has 1 aliphatic carbocycles. The number of alkyl carbamates (subject to hydrolysis) is 1. The number of fused-ring (bicyclic) bond motifs is 3. The van der Waals surface area contributed by atoms with Gasteiger partial charge < -0.3 is 20.5 Å². The fourth-order valence-electron chi connectivity index (χ4n) is 4.61. The molecule has 35 heavy (non-hydrogen) atoms. The van der Waals surface area contributed by atoms with Crippen molar-refractivity contribution in [3.63, 3.8) is 0 Å². The Morgan fingerprint density at radius 3 is 2.20 bits per heavy atom. The van der Waals surface area contributed by atoms with Gasteiger partial charge in [0.05, 0.1) is 6.42 Å². The summed E-state index contributed by atoms with van der Waals surface area (Å²) in [5.74, 6) is -1.31. The Labute approximate surface area is 207 Å². The lowest BCUT2D eigenvalue weighted by Crippen LogP contribution is -2.39. The first-order valence-electron chi connectivity index (χ1n) is 12.5. The van der Waals surface area contributed by atoms with Gasteiger partial charge in [0.25, 0.3) is 0 Å². The molecular formula is C28H36N2O5. The van der Waals surface area contributed by atoms with Crippen LogP contribution in [0, 0.1) is 5.92 Å². The van der Waals surface area contributed by atoms with Crippen molar-refractivity contribution in [3.8, 4) is 11.1 Å². The van der Waals surface area contributed by atoms with Crippen LogP contribution in [0.1, 0.15) is 69.4 Å². The summed E-state index contributed by atoms with van der Waals surface area (Å²) >= 11 is 0. The Balaban J connectivity index is 1.39. The van der Waals surface area contributed by atoms with Crippen LogP contribution in [-0.2, 0) is 14.3 Å². The number of benzene rings is 2. The molecule has 0 fully saturated rings. The van der Waals surface area contributed by atoms with E-state index >= 15 is 0 Å². The van der Waals surface area contributed by atoms with Gasteiger partial charge in [0.2, 0.25) is 5.91 Å². The van der Waals surface area contributed by atoms with Crippen molar-refractivity contribution >= 4 is 18.0 Å². The number of carboxylic acids is 1. The van der Waals surface area contributed by atoms with Crippen LogP contribution < -0.4 is 10.6 Å². The topological polar surface area (TPSA) is 105 Å². The lowest BCUT2D eigenvalue weighted by molar-refractivity contribution is -0.137. The number of carbonyl (C=O) groups is 3. The Bertz CT molecular complexity index is 976. The quantitative estimate of drug-likeness (QED) is 0.346. The molecule has 3 rings (SSSR count). The summed E-state index contributed by atoms with van der Waals surface area (Å²) in [7, 11) is 0. The number of nitrogens with one attached hydrogen (secondary N) is 2. The predicted octanol–water partition coefficient (Wildman–Crippen LogP) is 5.09. The number of aliphatic carboxylic acids is 1. The second-order valence-corrected chi connectivity index (χ2v) is 9.24. The summed E-state index contributed by atoms with van der Waals surface area (Å²) < 4.78 is 5.54. The van der Waals surface area contributed by atoms with E-state index in [-0.39, 0.29) is 36.8 Å². The van der Waals surface area contributed by atoms with Gasteiger partial charge in [-0.15, -0.1) is 0 Å². The first-order chi connectivity index (χ1) is 16.9. The highest BCUT2D eigenvalue weighted by atomic mass is 16.5. The molecule has 2 aromatic carbocycles. The summed E-state index contributed by atoms with van der Waals surface area (Å²) in [6, 6.07) is 16.0. The average Bonchev–Trinajstić information content (AvgIpc) is 3.17. The molecule has 2 aromatic rings. The van der Waals surface area contributed by atoms with E-state index in [0.29, 0.717) is 25.8 Å². The number of rotatable bonds is 13. The first kappa shape index (κ1) is 26.3. The highest BCUT2D eigenvalue weighted by molar-refractivity contribution is 5.80. The largest absolute Gasteiger partial charge is 0.481 e. The molecule has 7 nitrogen and oxygen atoms in total. The molecule has 2 atom stereocenters. The van der Waals surface area contributed by atoms with Crippen LogP contribution in [0.4, 0.5) is 4.79 Å². The molecule has 7 heteroatoms. The van der Waals surface area contributed by atoms with Crippen LogP contribution in [0.3, 0.4) is 0 Å². The van der Waals surface area contributed by atoms with Crippen molar-refractivity contribution in [1.29, 1.82) is 0 Å². The minimum Gasteiger partial charge on any atom is -0.481 e. The Morgan fingerprint density at radius 2 is 1.60 bits per heavy atom. The van der Waals surface area contributed by atoms with Crippen molar-refractivity contribution in [3.05, 3.63) is 59.7 Å². The fourth-order valence-corrected chi connectivity index (χ4v) is 4.61. The number of amides is 2. The smallest absolute Gasteiger partial charge is 0.407 e. The van der Waals surface area contributed by atoms with Crippen molar-refractivity contribution in [2.24, 2.45) is 5.92 Å². The minimum absolute atomic E-state index is 0.0170. The molecule has 0 bridgehead atoms. The second-order valence-electron chi connectivity index (χ2n) is 9.24. The zero-order chi connectivity index (χ0) is 25.2. The van der Waals surface area contributed by atoms with Gasteiger partial charge in [-0.1, -0.05) is 75.2 Å². The van der Waals surface area contributed by atoms with Crippen molar-refractivity contribution in [2.45, 2.75) is 64.3 Å². The summed E-state index contributed by atoms with van der Waals surface area (Å²) in [5, 5.41) is 14.7. The van der Waals surface area contributed by atoms with Gasteiger partial charge >= 0.3 is 12.1 Å². The number of carbonyl (C=O) groups excluding carboxylic acids is 2. The van der Waals surface area contributed by atoms with Gasteiger partial charge in [0.15, 0.2) is 0 Å². The van der Waals surface area contributed by atoms with Gasteiger partial charge in [-0.3, -0.25) is 9.59 Å². The predicted molar refractivity (Wildman–Crippen MR) is 135 cm³/mol. The molecule has 0 heterocycles. The van der Waals surface area contributed by atoms with E-state index in [1.54, 1.807) is 0 Å². The molecule has 1 aliphatic rings. The van der Waals surface area contributed by atoms with Crippen LogP contribution in [0.15, 0.2) is 48.5 Å². The third kappa shape index (κ3) is 7.31. The normalized spacial score (nSPS) is 13.9. The van der Waals surface area contributed by atoms with Crippen LogP contribution in [-0.4, -0.2) is 42.3 Å². The molecule has 0 spiro atoms. The lowest BCUT2D eigenvalue weighted by Gasteiger charge is -2.20. The van der Waals surface area contributed by atoms with Crippen LogP contribution in [0.25, 0.3) is 11.1 Å². The van der Waals surface area contributed by atoms with Crippen LogP contribution >= 0.6 is 0 Å². The molecule has 0 aromatic heterocycles. The van der Waals surface area contributed by atoms with Crippen molar-refractivity contribution in [1.82, 2.24) is 10.6 Å². The molecule has 0 saturated carbocycles. The molecule has 1 unspecified atom stereocenters. The zero-order valence-corrected chi connectivity index (χ0v) is 20.6. The van der Waals surface area contributed by atoms with E-state index in [0.717, 1.165) is 12.8 Å². The minimum atomic E-state index is -0.911. The third-order valence-electron chi connectivity index (χ3n) is 6.55. The van der Waals surface area contributed by atoms with Crippen molar-refractivity contribution < 1.29 is 24.2 Å². The number of unbranched alkanes of at least 4 members (excludes halogenated alkanes) is 1. The molecule has 3 N–H and O–H groups in total. The van der Waals surface area contributed by atoms with Gasteiger partial charge in [0.1, 0.15) is 6.61 Å². The van der Waals surface area contributed by atoms with Gasteiger partial charge in [-0.2, -0.15) is 0 Å². The molecule has 0 radical (unpaired) electrons. The van der Waals surface area contributed by atoms with E-state index in [4.69, 9.17) is 9.84 Å². The van der Waals surface area contributed by atoms with Gasteiger partial charge in [0, 0.05) is 24.4 Å². The van der Waals surface area contributed by atoms with E-state index < -0.39 is 12.1 Å². The maximum Gasteiger partial charge on any atom is 0.407 e. The van der Waals surface area contributed by atoms with Gasteiger partial charge in [-0.25, -0.2) is 4.79 Å². The van der Waals surface area contributed by atoms with Crippen LogP contribution in [0.5, 0.6) is 0 Å². The fraction of sp³-hybridized carbons (Fsp3) is 0.464. The van der Waals surface area contributed by atoms with Gasteiger partial charge in [-0.05, 0) is 41.5 Å². The highest BCUT2D eigenvalue weighted by Gasteiger charge is 2.29. The Morgan fingerprint density at radius 1 is 0.971 bits per heavy atom. The summed E-state index contributed by atoms with van der Waals surface area (Å²) in [4.78, 5) is 35.8. The molecule has 188 valence electrons. The molecule has 2 amide bonds. The number of ether oxygens (including phenoxy) is 1. The molecule has 0 saturated heterocycles. The average molecular weight is 481 g/mol. The molecular weight excluding hydrogens is 444 g/mol. The van der Waals surface area contributed by atoms with E-state index in [1.165, 1.54) is 22.3 Å². The van der Waals surface area contributed by atoms with Crippen molar-refractivity contribution in [2.75, 3.05) is 13.2 Å². The summed E-state index contributed by atoms with van der Waals surface area (Å²) in [5.41, 5.74) is 4.71. The van der Waals surface area contributed by atoms with E-state index in [1.807, 2.05) is 38.1 Å². The van der Waals surface area contributed by atoms with E-state index in [9.17, 15) is 14.4 Å². The first-order valence-corrected chi connectivity index (χ1v) is 12.5. The number of hydrogen-bond donors (Lipinski definition) is 3. The number of carboxylic acid groups (broad SMARTS) is 1. The zero-order valence-electron chi connectivity index (χ0n) is 20.6. The maximum absolute atomic E-state index is 12.5. The van der Waals surface area contributed by atoms with E-state index in [2.05, 4.69) is 34.9 Å². The Hall–Kier alpha value is -3.35. The second kappa shape index (κ2) is 12.9.